The molecular formula is C22H19FN2O4. The highest BCUT2D eigenvalue weighted by molar-refractivity contribution is 5.98. The van der Waals surface area contributed by atoms with Crippen LogP contribution in [0.3, 0.4) is 0 Å². The number of nitrogens with one attached hydrogen (secondary N) is 2. The zero-order chi connectivity index (χ0) is 20.7. The van der Waals surface area contributed by atoms with Gasteiger partial charge < -0.3 is 15.1 Å². The molecule has 0 radical (unpaired) electrons. The number of benzene rings is 2. The number of anilines is 2. The Bertz CT molecular complexity index is 1200. The molecule has 0 spiro atoms. The van der Waals surface area contributed by atoms with Crippen LogP contribution in [-0.4, -0.2) is 11.8 Å². The van der Waals surface area contributed by atoms with Gasteiger partial charge in [-0.25, -0.2) is 4.39 Å². The number of carbonyl (C=O) groups excluding carboxylic acids is 2. The highest BCUT2D eigenvalue weighted by Crippen LogP contribution is 2.39. The van der Waals surface area contributed by atoms with Crippen molar-refractivity contribution in [3.8, 4) is 0 Å². The summed E-state index contributed by atoms with van der Waals surface area (Å²) >= 11 is 0. The maximum absolute atomic E-state index is 14.7. The topological polar surface area (TPSA) is 88.4 Å². The van der Waals surface area contributed by atoms with Crippen LogP contribution in [0.2, 0.25) is 0 Å². The second kappa shape index (κ2) is 7.16. The monoisotopic (exact) mass is 394 g/mol. The van der Waals surface area contributed by atoms with Crippen molar-refractivity contribution in [3.05, 3.63) is 69.8 Å². The molecule has 1 aromatic heterocycles. The van der Waals surface area contributed by atoms with Gasteiger partial charge in [0.25, 0.3) is 0 Å². The van der Waals surface area contributed by atoms with Crippen LogP contribution < -0.4 is 16.1 Å². The zero-order valence-corrected chi connectivity index (χ0v) is 15.9. The van der Waals surface area contributed by atoms with Crippen molar-refractivity contribution in [1.29, 1.82) is 0 Å². The van der Waals surface area contributed by atoms with E-state index in [-0.39, 0.29) is 40.8 Å². The molecule has 29 heavy (non-hydrogen) atoms. The van der Waals surface area contributed by atoms with Gasteiger partial charge in [0.15, 0.2) is 5.43 Å². The summed E-state index contributed by atoms with van der Waals surface area (Å²) in [5.74, 6) is -2.25. The van der Waals surface area contributed by atoms with Gasteiger partial charge in [0, 0.05) is 29.5 Å². The molecule has 1 atom stereocenters. The average Bonchev–Trinajstić information content (AvgIpc) is 2.69. The Labute approximate surface area is 165 Å². The molecule has 4 rings (SSSR count). The summed E-state index contributed by atoms with van der Waals surface area (Å²) in [5.41, 5.74) is 1.29. The number of rotatable bonds is 3. The quantitative estimate of drug-likeness (QED) is 0.703. The summed E-state index contributed by atoms with van der Waals surface area (Å²) in [6, 6.07) is 9.47. The molecule has 0 saturated heterocycles. The Morgan fingerprint density at radius 1 is 1.21 bits per heavy atom. The summed E-state index contributed by atoms with van der Waals surface area (Å²) in [6.07, 6.45) is 1.33. The maximum Gasteiger partial charge on any atom is 0.227 e. The van der Waals surface area contributed by atoms with Gasteiger partial charge in [0.1, 0.15) is 11.4 Å². The largest absolute Gasteiger partial charge is 0.464 e. The molecule has 1 unspecified atom stereocenters. The molecule has 1 aliphatic heterocycles. The number of hydrogen-bond donors (Lipinski definition) is 2. The van der Waals surface area contributed by atoms with Crippen LogP contribution in [0, 0.1) is 11.7 Å². The summed E-state index contributed by atoms with van der Waals surface area (Å²) in [5, 5.41) is 5.62. The lowest BCUT2D eigenvalue weighted by Gasteiger charge is -2.26. The van der Waals surface area contributed by atoms with Crippen LogP contribution in [0.1, 0.15) is 37.3 Å². The van der Waals surface area contributed by atoms with Crippen molar-refractivity contribution in [1.82, 2.24) is 0 Å². The van der Waals surface area contributed by atoms with E-state index in [1.54, 1.807) is 38.1 Å². The second-order valence-electron chi connectivity index (χ2n) is 7.38. The van der Waals surface area contributed by atoms with Crippen molar-refractivity contribution in [3.63, 3.8) is 0 Å². The Morgan fingerprint density at radius 3 is 2.72 bits per heavy atom. The fourth-order valence-electron chi connectivity index (χ4n) is 3.47. The summed E-state index contributed by atoms with van der Waals surface area (Å²) in [6.45, 7) is 3.39. The minimum Gasteiger partial charge on any atom is -0.464 e. The number of hydrogen-bond acceptors (Lipinski definition) is 4. The normalized spacial score (nSPS) is 15.9. The third-order valence-corrected chi connectivity index (χ3v) is 5.04. The third-order valence-electron chi connectivity index (χ3n) is 5.04. The standard InChI is InChI=1S/C22H19FN2O4/c1-11(2)22(28)25-18-9-17-14(7-16(18)23)13(8-20(26)24-17)15-10-29-19-6-4-3-5-12(19)21(15)27/h3-7,9-11,13H,8H2,1-2H3,(H,24,26)(H,25,28). The number of amides is 2. The van der Waals surface area contributed by atoms with E-state index in [0.717, 1.165) is 0 Å². The van der Waals surface area contributed by atoms with Gasteiger partial charge in [0.2, 0.25) is 11.8 Å². The fraction of sp³-hybridized carbons (Fsp3) is 0.227. The van der Waals surface area contributed by atoms with Crippen molar-refractivity contribution in [2.75, 3.05) is 10.6 Å². The number of carbonyl (C=O) groups is 2. The average molecular weight is 394 g/mol. The van der Waals surface area contributed by atoms with E-state index in [0.29, 0.717) is 22.2 Å². The fourth-order valence-corrected chi connectivity index (χ4v) is 3.47. The molecule has 2 N–H and O–H groups in total. The Hall–Kier alpha value is -3.48. The number of halogens is 1. The molecule has 6 nitrogen and oxygen atoms in total. The van der Waals surface area contributed by atoms with E-state index in [9.17, 15) is 18.8 Å². The molecule has 0 fully saturated rings. The number of para-hydroxylation sites is 1. The van der Waals surface area contributed by atoms with E-state index in [4.69, 9.17) is 4.42 Å². The van der Waals surface area contributed by atoms with Gasteiger partial charge in [0.05, 0.1) is 17.3 Å². The zero-order valence-electron chi connectivity index (χ0n) is 15.9. The maximum atomic E-state index is 14.7. The SMILES string of the molecule is CC(C)C(=O)Nc1cc2c(cc1F)C(c1coc3ccccc3c1=O)CC(=O)N2. The predicted molar refractivity (Wildman–Crippen MR) is 107 cm³/mol. The highest BCUT2D eigenvalue weighted by atomic mass is 19.1. The molecule has 7 heteroatoms. The first-order valence-electron chi connectivity index (χ1n) is 9.29. The minimum atomic E-state index is -0.649. The predicted octanol–water partition coefficient (Wildman–Crippen LogP) is 4.00. The van der Waals surface area contributed by atoms with Crippen molar-refractivity contribution in [2.24, 2.45) is 5.92 Å². The molecule has 2 aromatic carbocycles. The number of fused-ring (bicyclic) bond motifs is 2. The van der Waals surface area contributed by atoms with E-state index in [1.165, 1.54) is 18.4 Å². The molecule has 148 valence electrons. The lowest BCUT2D eigenvalue weighted by molar-refractivity contribution is -0.119. The Morgan fingerprint density at radius 2 is 1.97 bits per heavy atom. The molecule has 0 bridgehead atoms. The summed E-state index contributed by atoms with van der Waals surface area (Å²) < 4.78 is 20.3. The van der Waals surface area contributed by atoms with Gasteiger partial charge in [-0.1, -0.05) is 26.0 Å². The van der Waals surface area contributed by atoms with Gasteiger partial charge in [-0.15, -0.1) is 0 Å². The van der Waals surface area contributed by atoms with Gasteiger partial charge in [-0.05, 0) is 29.8 Å². The van der Waals surface area contributed by atoms with Crippen LogP contribution in [0.5, 0.6) is 0 Å². The molecule has 0 saturated carbocycles. The van der Waals surface area contributed by atoms with Crippen molar-refractivity contribution < 1.29 is 18.4 Å². The minimum absolute atomic E-state index is 0.00671. The van der Waals surface area contributed by atoms with Gasteiger partial charge in [-0.2, -0.15) is 0 Å². The van der Waals surface area contributed by atoms with Crippen LogP contribution >= 0.6 is 0 Å². The van der Waals surface area contributed by atoms with Gasteiger partial charge >= 0.3 is 0 Å². The van der Waals surface area contributed by atoms with Crippen LogP contribution in [-0.2, 0) is 9.59 Å². The Balaban J connectivity index is 1.82. The molecule has 2 amide bonds. The van der Waals surface area contributed by atoms with E-state index < -0.39 is 11.7 Å². The van der Waals surface area contributed by atoms with Crippen LogP contribution in [0.25, 0.3) is 11.0 Å². The molecule has 2 heterocycles. The lowest BCUT2D eigenvalue weighted by Crippen LogP contribution is -2.27. The first-order chi connectivity index (χ1) is 13.8. The van der Waals surface area contributed by atoms with Crippen molar-refractivity contribution in [2.45, 2.75) is 26.2 Å². The smallest absolute Gasteiger partial charge is 0.227 e. The molecule has 1 aliphatic rings. The highest BCUT2D eigenvalue weighted by Gasteiger charge is 2.31. The van der Waals surface area contributed by atoms with Crippen LogP contribution in [0.4, 0.5) is 15.8 Å². The molecular weight excluding hydrogens is 375 g/mol. The van der Waals surface area contributed by atoms with E-state index >= 15 is 0 Å². The van der Waals surface area contributed by atoms with E-state index in [1.807, 2.05) is 0 Å². The third kappa shape index (κ3) is 3.40. The summed E-state index contributed by atoms with van der Waals surface area (Å²) in [4.78, 5) is 37.2. The first kappa shape index (κ1) is 18.9. The lowest BCUT2D eigenvalue weighted by atomic mass is 9.85. The second-order valence-corrected chi connectivity index (χ2v) is 7.38. The Kier molecular flexibility index (Phi) is 4.66. The molecule has 3 aromatic rings. The summed E-state index contributed by atoms with van der Waals surface area (Å²) in [7, 11) is 0. The first-order valence-corrected chi connectivity index (χ1v) is 9.29. The van der Waals surface area contributed by atoms with Gasteiger partial charge in [-0.3, -0.25) is 14.4 Å². The van der Waals surface area contributed by atoms with Crippen molar-refractivity contribution >= 4 is 34.2 Å². The molecule has 0 aliphatic carbocycles. The van der Waals surface area contributed by atoms with E-state index in [2.05, 4.69) is 10.6 Å². The van der Waals surface area contributed by atoms with Crippen LogP contribution in [0.15, 0.2) is 51.9 Å².